The molecule has 0 aliphatic carbocycles. The van der Waals surface area contributed by atoms with Gasteiger partial charge in [0.2, 0.25) is 10.0 Å². The maximum absolute atomic E-state index is 12.5. The summed E-state index contributed by atoms with van der Waals surface area (Å²) in [6, 6.07) is 13.0. The van der Waals surface area contributed by atoms with E-state index in [0.717, 1.165) is 23.1 Å². The van der Waals surface area contributed by atoms with Gasteiger partial charge in [-0.15, -0.1) is 0 Å². The van der Waals surface area contributed by atoms with Crippen molar-refractivity contribution in [2.24, 2.45) is 0 Å². The van der Waals surface area contributed by atoms with E-state index in [-0.39, 0.29) is 11.4 Å². The Balaban J connectivity index is 2.11. The molecule has 4 nitrogen and oxygen atoms in total. The summed E-state index contributed by atoms with van der Waals surface area (Å²) >= 11 is 6.62. The Hall–Kier alpha value is -0.730. The number of nitrogens with one attached hydrogen (secondary N) is 1. The second-order valence-corrected chi connectivity index (χ2v) is 9.06. The van der Waals surface area contributed by atoms with Crippen LogP contribution in [0, 0.1) is 0 Å². The lowest BCUT2D eigenvalue weighted by Crippen LogP contribution is -2.24. The molecule has 0 fully saturated rings. The van der Waals surface area contributed by atoms with Gasteiger partial charge in [-0.2, -0.15) is 0 Å². The Morgan fingerprint density at radius 2 is 1.79 bits per heavy atom. The van der Waals surface area contributed by atoms with E-state index in [1.165, 1.54) is 5.56 Å². The Kier molecular flexibility index (Phi) is 7.00. The van der Waals surface area contributed by atoms with Crippen molar-refractivity contribution >= 4 is 41.9 Å². The fourth-order valence-corrected chi connectivity index (χ4v) is 4.97. The Morgan fingerprint density at radius 1 is 1.08 bits per heavy atom. The van der Waals surface area contributed by atoms with Crippen LogP contribution in [0.25, 0.3) is 0 Å². The molecule has 2 aromatic carbocycles. The maximum Gasteiger partial charge on any atom is 0.241 e. The van der Waals surface area contributed by atoms with E-state index in [2.05, 4.69) is 61.5 Å². The van der Waals surface area contributed by atoms with Gasteiger partial charge in [0.1, 0.15) is 0 Å². The zero-order valence-electron chi connectivity index (χ0n) is 13.6. The molecule has 0 aliphatic rings. The highest BCUT2D eigenvalue weighted by Crippen LogP contribution is 2.25. The van der Waals surface area contributed by atoms with Crippen molar-refractivity contribution in [2.75, 3.05) is 13.6 Å². The SMILES string of the molecule is CCN(C)Cc1cccc(CNS(=O)(=O)c2ccc(Br)cc2Br)c1. The van der Waals surface area contributed by atoms with Crippen molar-refractivity contribution in [3.63, 3.8) is 0 Å². The first-order chi connectivity index (χ1) is 11.3. The van der Waals surface area contributed by atoms with Gasteiger partial charge < -0.3 is 4.90 Å². The molecule has 0 aromatic heterocycles. The van der Waals surface area contributed by atoms with Gasteiger partial charge in [-0.3, -0.25) is 0 Å². The van der Waals surface area contributed by atoms with Gasteiger partial charge in [0.25, 0.3) is 0 Å². The smallest absolute Gasteiger partial charge is 0.241 e. The molecule has 0 spiro atoms. The molecule has 0 saturated heterocycles. The highest BCUT2D eigenvalue weighted by Gasteiger charge is 2.17. The summed E-state index contributed by atoms with van der Waals surface area (Å²) < 4.78 is 29.0. The lowest BCUT2D eigenvalue weighted by atomic mass is 10.1. The minimum absolute atomic E-state index is 0.229. The van der Waals surface area contributed by atoms with Crippen LogP contribution in [0.5, 0.6) is 0 Å². The average Bonchev–Trinajstić information content (AvgIpc) is 2.53. The molecule has 1 N–H and O–H groups in total. The first-order valence-corrected chi connectivity index (χ1v) is 10.6. The fourth-order valence-electron chi connectivity index (χ4n) is 2.21. The van der Waals surface area contributed by atoms with Crippen molar-refractivity contribution in [2.45, 2.75) is 24.9 Å². The second-order valence-electron chi connectivity index (χ2n) is 5.55. The van der Waals surface area contributed by atoms with Crippen LogP contribution in [0.3, 0.4) is 0 Å². The van der Waals surface area contributed by atoms with Crippen LogP contribution in [-0.4, -0.2) is 26.9 Å². The number of halogens is 2. The Morgan fingerprint density at radius 3 is 2.46 bits per heavy atom. The third kappa shape index (κ3) is 5.39. The van der Waals surface area contributed by atoms with Gasteiger partial charge in [-0.25, -0.2) is 13.1 Å². The molecule has 2 aromatic rings. The van der Waals surface area contributed by atoms with Crippen molar-refractivity contribution < 1.29 is 8.42 Å². The molecule has 0 bridgehead atoms. The minimum atomic E-state index is -3.57. The van der Waals surface area contributed by atoms with Crippen LogP contribution in [0.4, 0.5) is 0 Å². The Labute approximate surface area is 160 Å². The van der Waals surface area contributed by atoms with Crippen LogP contribution in [0.15, 0.2) is 56.3 Å². The van der Waals surface area contributed by atoms with Crippen molar-refractivity contribution in [3.8, 4) is 0 Å². The summed E-state index contributed by atoms with van der Waals surface area (Å²) in [5.41, 5.74) is 2.11. The average molecular weight is 476 g/mol. The largest absolute Gasteiger partial charge is 0.302 e. The first-order valence-electron chi connectivity index (χ1n) is 7.53. The monoisotopic (exact) mass is 474 g/mol. The van der Waals surface area contributed by atoms with Crippen molar-refractivity contribution in [1.29, 1.82) is 0 Å². The van der Waals surface area contributed by atoms with E-state index in [1.807, 2.05) is 18.2 Å². The molecule has 0 amide bonds. The van der Waals surface area contributed by atoms with Crippen LogP contribution < -0.4 is 4.72 Å². The van der Waals surface area contributed by atoms with Gasteiger partial charge >= 0.3 is 0 Å². The van der Waals surface area contributed by atoms with Crippen LogP contribution in [-0.2, 0) is 23.1 Å². The van der Waals surface area contributed by atoms with E-state index in [9.17, 15) is 8.42 Å². The molecule has 24 heavy (non-hydrogen) atoms. The van der Waals surface area contributed by atoms with Gasteiger partial charge in [0.05, 0.1) is 4.90 Å². The van der Waals surface area contributed by atoms with E-state index in [1.54, 1.807) is 18.2 Å². The molecular weight excluding hydrogens is 456 g/mol. The molecule has 2 rings (SSSR count). The first kappa shape index (κ1) is 19.6. The topological polar surface area (TPSA) is 49.4 Å². The summed E-state index contributed by atoms with van der Waals surface area (Å²) in [7, 11) is -1.52. The van der Waals surface area contributed by atoms with E-state index < -0.39 is 10.0 Å². The third-order valence-electron chi connectivity index (χ3n) is 3.63. The summed E-state index contributed by atoms with van der Waals surface area (Å²) in [5.74, 6) is 0. The lowest BCUT2D eigenvalue weighted by molar-refractivity contribution is 0.345. The number of sulfonamides is 1. The summed E-state index contributed by atoms with van der Waals surface area (Å²) in [6.07, 6.45) is 0. The van der Waals surface area contributed by atoms with E-state index in [4.69, 9.17) is 0 Å². The highest BCUT2D eigenvalue weighted by atomic mass is 79.9. The number of hydrogen-bond donors (Lipinski definition) is 1. The van der Waals surface area contributed by atoms with Gasteiger partial charge in [-0.1, -0.05) is 47.1 Å². The molecule has 7 heteroatoms. The molecule has 0 radical (unpaired) electrons. The molecule has 0 aliphatic heterocycles. The molecule has 0 atom stereocenters. The number of benzene rings is 2. The van der Waals surface area contributed by atoms with E-state index in [0.29, 0.717) is 4.47 Å². The van der Waals surface area contributed by atoms with Crippen molar-refractivity contribution in [1.82, 2.24) is 9.62 Å². The lowest BCUT2D eigenvalue weighted by Gasteiger charge is -2.14. The van der Waals surface area contributed by atoms with Crippen LogP contribution >= 0.6 is 31.9 Å². The zero-order valence-corrected chi connectivity index (χ0v) is 17.6. The summed E-state index contributed by atoms with van der Waals surface area (Å²) in [5, 5.41) is 0. The van der Waals surface area contributed by atoms with Gasteiger partial charge in [-0.05, 0) is 58.8 Å². The van der Waals surface area contributed by atoms with Crippen LogP contribution in [0.1, 0.15) is 18.1 Å². The predicted octanol–water partition coefficient (Wildman–Crippen LogP) is 4.14. The summed E-state index contributed by atoms with van der Waals surface area (Å²) in [6.45, 7) is 4.17. The molecule has 0 unspecified atom stereocenters. The normalized spacial score (nSPS) is 11.9. The summed E-state index contributed by atoms with van der Waals surface area (Å²) in [4.78, 5) is 2.43. The van der Waals surface area contributed by atoms with Gasteiger partial charge in [0.15, 0.2) is 0 Å². The minimum Gasteiger partial charge on any atom is -0.302 e. The van der Waals surface area contributed by atoms with Gasteiger partial charge in [0, 0.05) is 22.0 Å². The maximum atomic E-state index is 12.5. The third-order valence-corrected chi connectivity index (χ3v) is 6.50. The molecular formula is C17H20Br2N2O2S. The van der Waals surface area contributed by atoms with Crippen LogP contribution in [0.2, 0.25) is 0 Å². The van der Waals surface area contributed by atoms with Crippen molar-refractivity contribution in [3.05, 3.63) is 62.5 Å². The fraction of sp³-hybridized carbons (Fsp3) is 0.294. The highest BCUT2D eigenvalue weighted by molar-refractivity contribution is 9.11. The molecule has 0 heterocycles. The number of nitrogens with zero attached hydrogens (tertiary/aromatic N) is 1. The van der Waals surface area contributed by atoms with E-state index >= 15 is 0 Å². The molecule has 130 valence electrons. The second kappa shape index (κ2) is 8.58. The standard InChI is InChI=1S/C17H20Br2N2O2S/c1-3-21(2)12-14-6-4-5-13(9-14)11-20-24(22,23)17-8-7-15(18)10-16(17)19/h4-10,20H,3,11-12H2,1-2H3. The molecule has 0 saturated carbocycles. The predicted molar refractivity (Wildman–Crippen MR) is 104 cm³/mol. The Bertz CT molecular complexity index is 810. The number of rotatable bonds is 7. The zero-order chi connectivity index (χ0) is 17.7. The number of hydrogen-bond acceptors (Lipinski definition) is 3. The quantitative estimate of drug-likeness (QED) is 0.654.